The molecular weight excluding hydrogens is 464 g/mol. The standard InChI is InChI=1S/C26H26N4O6/c1-16(2)23(28-24(31)21-8-5-13-34-21)25(32)27-18-6-4-7-20(14-18)35-15-22-29-30-26(36-22)17-9-11-19(33-3)12-10-17/h4-14,16,23H,15H2,1-3H3,(H,27,32)(H,28,31)/t23-/m1/s1. The summed E-state index contributed by atoms with van der Waals surface area (Å²) in [5.41, 5.74) is 1.28. The zero-order valence-electron chi connectivity index (χ0n) is 20.1. The van der Waals surface area contributed by atoms with E-state index in [0.29, 0.717) is 23.2 Å². The van der Waals surface area contributed by atoms with E-state index in [2.05, 4.69) is 20.8 Å². The molecule has 4 aromatic rings. The zero-order chi connectivity index (χ0) is 25.5. The number of aromatic nitrogens is 2. The summed E-state index contributed by atoms with van der Waals surface area (Å²) in [6.45, 7) is 3.74. The lowest BCUT2D eigenvalue weighted by molar-refractivity contribution is -0.118. The molecule has 2 amide bonds. The van der Waals surface area contributed by atoms with Crippen molar-refractivity contribution in [3.63, 3.8) is 0 Å². The fourth-order valence-electron chi connectivity index (χ4n) is 3.35. The Kier molecular flexibility index (Phi) is 7.64. The first kappa shape index (κ1) is 24.5. The van der Waals surface area contributed by atoms with Gasteiger partial charge in [0.2, 0.25) is 11.8 Å². The average Bonchev–Trinajstić information content (AvgIpc) is 3.59. The molecule has 2 heterocycles. The molecule has 10 nitrogen and oxygen atoms in total. The fraction of sp³-hybridized carbons (Fsp3) is 0.231. The summed E-state index contributed by atoms with van der Waals surface area (Å²) >= 11 is 0. The van der Waals surface area contributed by atoms with Gasteiger partial charge in [-0.1, -0.05) is 19.9 Å². The van der Waals surface area contributed by atoms with E-state index in [1.54, 1.807) is 37.4 Å². The second-order valence-electron chi connectivity index (χ2n) is 8.21. The maximum atomic E-state index is 12.9. The molecule has 0 saturated carbocycles. The van der Waals surface area contributed by atoms with Crippen LogP contribution in [-0.4, -0.2) is 35.2 Å². The average molecular weight is 491 g/mol. The van der Waals surface area contributed by atoms with Crippen LogP contribution in [0.3, 0.4) is 0 Å². The molecule has 4 rings (SSSR count). The maximum absolute atomic E-state index is 12.9. The molecule has 0 unspecified atom stereocenters. The van der Waals surface area contributed by atoms with Gasteiger partial charge in [0.25, 0.3) is 11.8 Å². The van der Waals surface area contributed by atoms with Gasteiger partial charge < -0.3 is 28.9 Å². The quantitative estimate of drug-likeness (QED) is 0.336. The number of hydrogen-bond donors (Lipinski definition) is 2. The SMILES string of the molecule is COc1ccc(-c2nnc(COc3cccc(NC(=O)[C@H](NC(=O)c4ccco4)C(C)C)c3)o2)cc1. The Bertz CT molecular complexity index is 1300. The summed E-state index contributed by atoms with van der Waals surface area (Å²) < 4.78 is 21.7. The number of hydrogen-bond acceptors (Lipinski definition) is 8. The lowest BCUT2D eigenvalue weighted by Gasteiger charge is -2.21. The van der Waals surface area contributed by atoms with Gasteiger partial charge in [0, 0.05) is 17.3 Å². The molecule has 186 valence electrons. The number of nitrogens with zero attached hydrogens (tertiary/aromatic N) is 2. The van der Waals surface area contributed by atoms with Crippen molar-refractivity contribution >= 4 is 17.5 Å². The molecule has 2 aromatic carbocycles. The molecule has 2 aromatic heterocycles. The molecule has 0 aliphatic heterocycles. The number of ether oxygens (including phenoxy) is 2. The summed E-state index contributed by atoms with van der Waals surface area (Å²) in [5, 5.41) is 13.6. The number of furan rings is 1. The van der Waals surface area contributed by atoms with E-state index in [4.69, 9.17) is 18.3 Å². The minimum atomic E-state index is -0.762. The van der Waals surface area contributed by atoms with E-state index in [1.807, 2.05) is 38.1 Å². The minimum Gasteiger partial charge on any atom is -0.497 e. The number of nitrogens with one attached hydrogen (secondary N) is 2. The van der Waals surface area contributed by atoms with E-state index in [9.17, 15) is 9.59 Å². The Morgan fingerprint density at radius 1 is 1.00 bits per heavy atom. The van der Waals surface area contributed by atoms with Gasteiger partial charge in [-0.05, 0) is 54.4 Å². The highest BCUT2D eigenvalue weighted by atomic mass is 16.5. The predicted molar refractivity (Wildman–Crippen MR) is 130 cm³/mol. The Hall–Kier alpha value is -4.60. The smallest absolute Gasteiger partial charge is 0.287 e. The third kappa shape index (κ3) is 6.09. The van der Waals surface area contributed by atoms with Gasteiger partial charge in [-0.15, -0.1) is 10.2 Å². The third-order valence-electron chi connectivity index (χ3n) is 5.25. The Balaban J connectivity index is 1.35. The third-order valence-corrected chi connectivity index (χ3v) is 5.25. The van der Waals surface area contributed by atoms with Crippen LogP contribution in [0.1, 0.15) is 30.3 Å². The number of carbonyl (C=O) groups excluding carboxylic acids is 2. The second-order valence-corrected chi connectivity index (χ2v) is 8.21. The summed E-state index contributed by atoms with van der Waals surface area (Å²) in [7, 11) is 1.60. The molecule has 10 heteroatoms. The van der Waals surface area contributed by atoms with Crippen molar-refractivity contribution in [1.29, 1.82) is 0 Å². The van der Waals surface area contributed by atoms with Gasteiger partial charge in [-0.25, -0.2) is 0 Å². The Morgan fingerprint density at radius 2 is 1.81 bits per heavy atom. The highest BCUT2D eigenvalue weighted by molar-refractivity contribution is 6.00. The summed E-state index contributed by atoms with van der Waals surface area (Å²) in [5.74, 6) is 1.07. The highest BCUT2D eigenvalue weighted by Crippen LogP contribution is 2.23. The molecule has 0 fully saturated rings. The van der Waals surface area contributed by atoms with E-state index >= 15 is 0 Å². The number of rotatable bonds is 10. The van der Waals surface area contributed by atoms with Crippen LogP contribution in [0.15, 0.2) is 75.8 Å². The molecule has 1 atom stereocenters. The first-order chi connectivity index (χ1) is 17.4. The molecule has 0 saturated heterocycles. The second kappa shape index (κ2) is 11.2. The van der Waals surface area contributed by atoms with Crippen molar-refractivity contribution in [2.24, 2.45) is 5.92 Å². The van der Waals surface area contributed by atoms with Gasteiger partial charge in [0.15, 0.2) is 12.4 Å². The molecule has 2 N–H and O–H groups in total. The van der Waals surface area contributed by atoms with Crippen LogP contribution in [0, 0.1) is 5.92 Å². The molecule has 0 spiro atoms. The first-order valence-corrected chi connectivity index (χ1v) is 11.3. The Labute approximate surface area is 207 Å². The van der Waals surface area contributed by atoms with Crippen LogP contribution in [0.25, 0.3) is 11.5 Å². The van der Waals surface area contributed by atoms with Gasteiger partial charge in [-0.3, -0.25) is 9.59 Å². The van der Waals surface area contributed by atoms with Crippen molar-refractivity contribution in [2.75, 3.05) is 12.4 Å². The minimum absolute atomic E-state index is 0.0500. The normalized spacial score (nSPS) is 11.7. The van der Waals surface area contributed by atoms with E-state index < -0.39 is 11.9 Å². The molecule has 0 bridgehead atoms. The maximum Gasteiger partial charge on any atom is 0.287 e. The zero-order valence-corrected chi connectivity index (χ0v) is 20.1. The molecule has 0 radical (unpaired) electrons. The van der Waals surface area contributed by atoms with Crippen LogP contribution in [0.5, 0.6) is 11.5 Å². The molecular formula is C26H26N4O6. The molecule has 0 aliphatic rings. The van der Waals surface area contributed by atoms with E-state index in [-0.39, 0.29) is 24.2 Å². The van der Waals surface area contributed by atoms with Crippen molar-refractivity contribution in [3.05, 3.63) is 78.6 Å². The monoisotopic (exact) mass is 490 g/mol. The van der Waals surface area contributed by atoms with E-state index in [1.165, 1.54) is 12.3 Å². The molecule has 0 aliphatic carbocycles. The van der Waals surface area contributed by atoms with Crippen LogP contribution in [0.4, 0.5) is 5.69 Å². The van der Waals surface area contributed by atoms with Gasteiger partial charge in [0.1, 0.15) is 17.5 Å². The fourth-order valence-corrected chi connectivity index (χ4v) is 3.35. The van der Waals surface area contributed by atoms with Crippen LogP contribution in [0.2, 0.25) is 0 Å². The summed E-state index contributed by atoms with van der Waals surface area (Å²) in [6, 6.07) is 16.5. The highest BCUT2D eigenvalue weighted by Gasteiger charge is 2.25. The lowest BCUT2D eigenvalue weighted by Crippen LogP contribution is -2.47. The van der Waals surface area contributed by atoms with Crippen LogP contribution >= 0.6 is 0 Å². The summed E-state index contributed by atoms with van der Waals surface area (Å²) in [4.78, 5) is 25.2. The van der Waals surface area contributed by atoms with Gasteiger partial charge in [0.05, 0.1) is 13.4 Å². The van der Waals surface area contributed by atoms with Crippen molar-refractivity contribution in [1.82, 2.24) is 15.5 Å². The molecule has 36 heavy (non-hydrogen) atoms. The number of amides is 2. The van der Waals surface area contributed by atoms with Crippen molar-refractivity contribution in [2.45, 2.75) is 26.5 Å². The van der Waals surface area contributed by atoms with Crippen LogP contribution < -0.4 is 20.1 Å². The van der Waals surface area contributed by atoms with Gasteiger partial charge >= 0.3 is 0 Å². The number of benzene rings is 2. The largest absolute Gasteiger partial charge is 0.497 e. The number of methoxy groups -OCH3 is 1. The number of anilines is 1. The Morgan fingerprint density at radius 3 is 2.50 bits per heavy atom. The summed E-state index contributed by atoms with van der Waals surface area (Å²) in [6.07, 6.45) is 1.40. The van der Waals surface area contributed by atoms with Crippen molar-refractivity contribution < 1.29 is 27.9 Å². The topological polar surface area (TPSA) is 129 Å². The van der Waals surface area contributed by atoms with Crippen LogP contribution in [-0.2, 0) is 11.4 Å². The lowest BCUT2D eigenvalue weighted by atomic mass is 10.0. The first-order valence-electron chi connectivity index (χ1n) is 11.3. The van der Waals surface area contributed by atoms with E-state index in [0.717, 1.165) is 11.3 Å². The van der Waals surface area contributed by atoms with Crippen molar-refractivity contribution in [3.8, 4) is 23.0 Å². The number of carbonyl (C=O) groups is 2. The predicted octanol–water partition coefficient (Wildman–Crippen LogP) is 4.31. The van der Waals surface area contributed by atoms with Gasteiger partial charge in [-0.2, -0.15) is 0 Å².